The van der Waals surface area contributed by atoms with Crippen molar-refractivity contribution in [1.82, 2.24) is 15.1 Å². The number of nitrogens with zero attached hydrogens (tertiary/aromatic N) is 2. The molecule has 126 valence electrons. The van der Waals surface area contributed by atoms with Gasteiger partial charge in [-0.3, -0.25) is 9.48 Å². The number of nitrogens with one attached hydrogen (secondary N) is 1. The molecule has 2 atom stereocenters. The molecule has 4 nitrogen and oxygen atoms in total. The van der Waals surface area contributed by atoms with E-state index in [0.29, 0.717) is 5.92 Å². The second kappa shape index (κ2) is 6.08. The molecule has 0 spiro atoms. The van der Waals surface area contributed by atoms with Crippen LogP contribution in [0.1, 0.15) is 55.6 Å². The maximum absolute atomic E-state index is 12.9. The standard InChI is InChI=1S/C20H25N3O/c1-23-14-15(13-21-23)17-12-18(17)19(24)22-20(10-6-3-7-11-20)16-8-4-2-5-9-16/h2,4-5,8-9,13-14,17-18H,3,6-7,10-12H2,1H3,(H,22,24)/t17-,18+/m0/s1. The fourth-order valence-corrected chi connectivity index (χ4v) is 4.21. The quantitative estimate of drug-likeness (QED) is 0.936. The van der Waals surface area contributed by atoms with Crippen LogP contribution in [0.5, 0.6) is 0 Å². The normalized spacial score (nSPS) is 25.2. The van der Waals surface area contributed by atoms with Crippen LogP contribution < -0.4 is 5.32 Å². The average Bonchev–Trinajstić information content (AvgIpc) is 3.31. The van der Waals surface area contributed by atoms with Crippen LogP contribution in [0.3, 0.4) is 0 Å². The molecule has 4 rings (SSSR count). The minimum atomic E-state index is -0.168. The monoisotopic (exact) mass is 323 g/mol. The second-order valence-corrected chi connectivity index (χ2v) is 7.39. The average molecular weight is 323 g/mol. The molecule has 2 aliphatic rings. The summed E-state index contributed by atoms with van der Waals surface area (Å²) < 4.78 is 1.81. The summed E-state index contributed by atoms with van der Waals surface area (Å²) >= 11 is 0. The van der Waals surface area contributed by atoms with E-state index in [9.17, 15) is 4.79 Å². The van der Waals surface area contributed by atoms with Crippen molar-refractivity contribution in [3.63, 3.8) is 0 Å². The first-order valence-corrected chi connectivity index (χ1v) is 9.04. The lowest BCUT2D eigenvalue weighted by Crippen LogP contribution is -2.48. The predicted octanol–water partition coefficient (Wildman–Crippen LogP) is 3.50. The van der Waals surface area contributed by atoms with Crippen molar-refractivity contribution in [3.8, 4) is 0 Å². The molecule has 1 heterocycles. The van der Waals surface area contributed by atoms with E-state index in [4.69, 9.17) is 0 Å². The largest absolute Gasteiger partial charge is 0.346 e. The van der Waals surface area contributed by atoms with Crippen LogP contribution in [-0.2, 0) is 17.4 Å². The summed E-state index contributed by atoms with van der Waals surface area (Å²) in [7, 11) is 1.92. The lowest BCUT2D eigenvalue weighted by molar-refractivity contribution is -0.125. The highest BCUT2D eigenvalue weighted by molar-refractivity contribution is 5.83. The maximum atomic E-state index is 12.9. The van der Waals surface area contributed by atoms with Crippen LogP contribution >= 0.6 is 0 Å². The van der Waals surface area contributed by atoms with Crippen LogP contribution in [0.2, 0.25) is 0 Å². The molecule has 1 amide bonds. The summed E-state index contributed by atoms with van der Waals surface area (Å²) in [6, 6.07) is 10.5. The van der Waals surface area contributed by atoms with Gasteiger partial charge in [-0.05, 0) is 36.3 Å². The highest BCUT2D eigenvalue weighted by Crippen LogP contribution is 2.48. The summed E-state index contributed by atoms with van der Waals surface area (Å²) in [6.07, 6.45) is 10.6. The summed E-state index contributed by atoms with van der Waals surface area (Å²) in [6.45, 7) is 0. The third-order valence-electron chi connectivity index (χ3n) is 5.68. The van der Waals surface area contributed by atoms with Gasteiger partial charge >= 0.3 is 0 Å². The molecule has 0 saturated heterocycles. The highest BCUT2D eigenvalue weighted by Gasteiger charge is 2.47. The van der Waals surface area contributed by atoms with E-state index < -0.39 is 0 Å². The van der Waals surface area contributed by atoms with Crippen molar-refractivity contribution in [2.24, 2.45) is 13.0 Å². The van der Waals surface area contributed by atoms with Gasteiger partial charge in [0.1, 0.15) is 0 Å². The van der Waals surface area contributed by atoms with Crippen molar-refractivity contribution in [2.45, 2.75) is 50.0 Å². The van der Waals surface area contributed by atoms with Gasteiger partial charge in [0.25, 0.3) is 0 Å². The number of carbonyl (C=O) groups excluding carboxylic acids is 1. The SMILES string of the molecule is Cn1cc([C@@H]2C[C@H]2C(=O)NC2(c3ccccc3)CCCCC2)cn1. The lowest BCUT2D eigenvalue weighted by Gasteiger charge is -2.39. The van der Waals surface area contributed by atoms with E-state index in [-0.39, 0.29) is 17.4 Å². The van der Waals surface area contributed by atoms with Crippen molar-refractivity contribution in [2.75, 3.05) is 0 Å². The van der Waals surface area contributed by atoms with Crippen LogP contribution in [0.15, 0.2) is 42.7 Å². The zero-order valence-electron chi connectivity index (χ0n) is 14.2. The zero-order valence-corrected chi connectivity index (χ0v) is 14.2. The Morgan fingerprint density at radius 2 is 1.96 bits per heavy atom. The van der Waals surface area contributed by atoms with Gasteiger partial charge in [-0.2, -0.15) is 5.10 Å². The van der Waals surface area contributed by atoms with Crippen LogP contribution in [0, 0.1) is 5.92 Å². The molecular weight excluding hydrogens is 298 g/mol. The lowest BCUT2D eigenvalue weighted by atomic mass is 9.76. The molecule has 1 aromatic heterocycles. The van der Waals surface area contributed by atoms with Crippen LogP contribution in [-0.4, -0.2) is 15.7 Å². The van der Waals surface area contributed by atoms with Crippen molar-refractivity contribution >= 4 is 5.91 Å². The van der Waals surface area contributed by atoms with E-state index in [1.807, 2.05) is 30.2 Å². The zero-order chi connectivity index (χ0) is 16.6. The summed E-state index contributed by atoms with van der Waals surface area (Å²) in [5.74, 6) is 0.668. The van der Waals surface area contributed by atoms with E-state index >= 15 is 0 Å². The van der Waals surface area contributed by atoms with E-state index in [0.717, 1.165) is 19.3 Å². The number of amides is 1. The van der Waals surface area contributed by atoms with Gasteiger partial charge in [0.05, 0.1) is 11.7 Å². The Balaban J connectivity index is 1.50. The van der Waals surface area contributed by atoms with Crippen molar-refractivity contribution < 1.29 is 4.79 Å². The molecule has 0 radical (unpaired) electrons. The van der Waals surface area contributed by atoms with Gasteiger partial charge < -0.3 is 5.32 Å². The molecule has 24 heavy (non-hydrogen) atoms. The van der Waals surface area contributed by atoms with Crippen molar-refractivity contribution in [3.05, 3.63) is 53.9 Å². The molecule has 2 saturated carbocycles. The third kappa shape index (κ3) is 2.85. The van der Waals surface area contributed by atoms with Gasteiger partial charge in [-0.15, -0.1) is 0 Å². The number of aromatic nitrogens is 2. The molecular formula is C20H25N3O. The third-order valence-corrected chi connectivity index (χ3v) is 5.68. The van der Waals surface area contributed by atoms with Gasteiger partial charge in [0, 0.05) is 19.2 Å². The number of hydrogen-bond donors (Lipinski definition) is 1. The van der Waals surface area contributed by atoms with E-state index in [2.05, 4.69) is 34.7 Å². The predicted molar refractivity (Wildman–Crippen MR) is 93.4 cm³/mol. The van der Waals surface area contributed by atoms with Gasteiger partial charge in [0.15, 0.2) is 0 Å². The summed E-state index contributed by atoms with van der Waals surface area (Å²) in [4.78, 5) is 12.9. The first-order chi connectivity index (χ1) is 11.7. The topological polar surface area (TPSA) is 46.9 Å². The number of carbonyl (C=O) groups is 1. The molecule has 2 fully saturated rings. The molecule has 2 aromatic rings. The van der Waals surface area contributed by atoms with Crippen LogP contribution in [0.25, 0.3) is 0 Å². The van der Waals surface area contributed by atoms with Crippen LogP contribution in [0.4, 0.5) is 0 Å². The molecule has 1 N–H and O–H groups in total. The van der Waals surface area contributed by atoms with Gasteiger partial charge in [-0.25, -0.2) is 0 Å². The molecule has 4 heteroatoms. The Hall–Kier alpha value is -2.10. The number of rotatable bonds is 4. The Labute approximate surface area is 143 Å². The first-order valence-electron chi connectivity index (χ1n) is 9.04. The number of hydrogen-bond acceptors (Lipinski definition) is 2. The maximum Gasteiger partial charge on any atom is 0.224 e. The summed E-state index contributed by atoms with van der Waals surface area (Å²) in [5, 5.41) is 7.68. The number of aryl methyl sites for hydroxylation is 1. The second-order valence-electron chi connectivity index (χ2n) is 7.39. The Bertz CT molecular complexity index is 715. The Morgan fingerprint density at radius 3 is 2.62 bits per heavy atom. The molecule has 0 unspecified atom stereocenters. The minimum absolute atomic E-state index is 0.108. The van der Waals surface area contributed by atoms with Crippen molar-refractivity contribution in [1.29, 1.82) is 0 Å². The summed E-state index contributed by atoms with van der Waals surface area (Å²) in [5.41, 5.74) is 2.28. The van der Waals surface area contributed by atoms with E-state index in [1.165, 1.54) is 30.4 Å². The first kappa shape index (κ1) is 15.4. The Kier molecular flexibility index (Phi) is 3.91. The number of benzene rings is 1. The minimum Gasteiger partial charge on any atom is -0.346 e. The molecule has 0 aliphatic heterocycles. The smallest absolute Gasteiger partial charge is 0.224 e. The fourth-order valence-electron chi connectivity index (χ4n) is 4.21. The highest BCUT2D eigenvalue weighted by atomic mass is 16.2. The fraction of sp³-hybridized carbons (Fsp3) is 0.500. The van der Waals surface area contributed by atoms with E-state index in [1.54, 1.807) is 0 Å². The van der Waals surface area contributed by atoms with Gasteiger partial charge in [-0.1, -0.05) is 49.6 Å². The van der Waals surface area contributed by atoms with Gasteiger partial charge in [0.2, 0.25) is 5.91 Å². The Morgan fingerprint density at radius 1 is 1.21 bits per heavy atom. The molecule has 1 aromatic carbocycles. The molecule has 0 bridgehead atoms. The molecule has 2 aliphatic carbocycles.